The first-order valence-corrected chi connectivity index (χ1v) is 9.43. The summed E-state index contributed by atoms with van der Waals surface area (Å²) >= 11 is 0. The van der Waals surface area contributed by atoms with Crippen LogP contribution in [-0.4, -0.2) is 28.8 Å². The third-order valence-corrected chi connectivity index (χ3v) is 5.07. The number of methoxy groups -OCH3 is 1. The van der Waals surface area contributed by atoms with Gasteiger partial charge < -0.3 is 19.2 Å². The van der Waals surface area contributed by atoms with Gasteiger partial charge in [0.2, 0.25) is 5.78 Å². The van der Waals surface area contributed by atoms with E-state index in [1.54, 1.807) is 62.8 Å². The van der Waals surface area contributed by atoms with Gasteiger partial charge in [-0.2, -0.15) is 0 Å². The molecule has 1 aliphatic heterocycles. The Morgan fingerprint density at radius 3 is 2.57 bits per heavy atom. The number of carbonyl (C=O) groups is 2. The van der Waals surface area contributed by atoms with Crippen LogP contribution in [0.15, 0.2) is 76.7 Å². The van der Waals surface area contributed by atoms with Crippen molar-refractivity contribution in [3.63, 3.8) is 0 Å². The number of nitrogens with one attached hydrogen (secondary N) is 1. The molecule has 1 unspecified atom stereocenters. The minimum atomic E-state index is -0.762. The van der Waals surface area contributed by atoms with Crippen LogP contribution in [0.4, 0.5) is 0 Å². The lowest BCUT2D eigenvalue weighted by atomic mass is 9.95. The standard InChI is InChI=1S/C23H20N2O5/c1-14-5-10-18(30-14)21(26)19-20(16-6-8-17(29-2)9-7-16)25(23(28)22(19)27)13-15-4-3-11-24-12-15/h3-12,20,27H,13H2,1-2H3/p+1. The highest BCUT2D eigenvalue weighted by atomic mass is 16.5. The average molecular weight is 405 g/mol. The number of H-pyrrole nitrogens is 1. The number of aliphatic hydroxyl groups is 1. The number of ketones is 1. The third-order valence-electron chi connectivity index (χ3n) is 5.07. The number of Topliss-reactive ketones (excluding diaryl/α,β-unsaturated/α-hetero) is 1. The molecule has 0 fully saturated rings. The molecule has 7 nitrogen and oxygen atoms in total. The summed E-state index contributed by atoms with van der Waals surface area (Å²) in [4.78, 5) is 30.6. The lowest BCUT2D eigenvalue weighted by Crippen LogP contribution is -2.31. The topological polar surface area (TPSA) is 94.1 Å². The lowest BCUT2D eigenvalue weighted by Gasteiger charge is -2.26. The zero-order chi connectivity index (χ0) is 21.3. The Balaban J connectivity index is 1.79. The highest BCUT2D eigenvalue weighted by Gasteiger charge is 2.44. The maximum absolute atomic E-state index is 13.2. The van der Waals surface area contributed by atoms with E-state index < -0.39 is 23.5 Å². The van der Waals surface area contributed by atoms with E-state index in [4.69, 9.17) is 9.15 Å². The maximum atomic E-state index is 13.2. The fraction of sp³-hybridized carbons (Fsp3) is 0.174. The van der Waals surface area contributed by atoms with E-state index in [0.29, 0.717) is 17.1 Å². The summed E-state index contributed by atoms with van der Waals surface area (Å²) in [6, 6.07) is 13.2. The van der Waals surface area contributed by atoms with Gasteiger partial charge in [-0.25, -0.2) is 4.98 Å². The van der Waals surface area contributed by atoms with Crippen LogP contribution in [0.25, 0.3) is 0 Å². The van der Waals surface area contributed by atoms with Gasteiger partial charge in [0.15, 0.2) is 23.9 Å². The van der Waals surface area contributed by atoms with E-state index >= 15 is 0 Å². The second kappa shape index (κ2) is 7.87. The summed E-state index contributed by atoms with van der Waals surface area (Å²) in [6.07, 6.45) is 3.53. The van der Waals surface area contributed by atoms with Crippen LogP contribution in [0.1, 0.15) is 33.5 Å². The Morgan fingerprint density at radius 2 is 1.97 bits per heavy atom. The number of ether oxygens (including phenoxy) is 1. The van der Waals surface area contributed by atoms with Crippen molar-refractivity contribution in [1.29, 1.82) is 0 Å². The molecular formula is C23H21N2O5+. The molecule has 0 spiro atoms. The highest BCUT2D eigenvalue weighted by molar-refractivity contribution is 6.15. The van der Waals surface area contributed by atoms with Gasteiger partial charge in [0.1, 0.15) is 11.5 Å². The highest BCUT2D eigenvalue weighted by Crippen LogP contribution is 2.40. The molecule has 4 rings (SSSR count). The van der Waals surface area contributed by atoms with Crippen molar-refractivity contribution in [3.8, 4) is 5.75 Å². The number of hydrogen-bond donors (Lipinski definition) is 1. The number of amides is 1. The number of pyridine rings is 1. The summed E-state index contributed by atoms with van der Waals surface area (Å²) in [5, 5.41) is 10.7. The molecule has 2 aromatic heterocycles. The molecule has 152 valence electrons. The fourth-order valence-corrected chi connectivity index (χ4v) is 3.60. The number of aromatic nitrogens is 1. The molecule has 0 bridgehead atoms. The molecule has 7 heteroatoms. The van der Waals surface area contributed by atoms with E-state index in [2.05, 4.69) is 4.98 Å². The van der Waals surface area contributed by atoms with Crippen molar-refractivity contribution in [1.82, 2.24) is 4.90 Å². The number of aliphatic hydroxyl groups excluding tert-OH is 1. The number of rotatable bonds is 6. The normalized spacial score (nSPS) is 16.3. The zero-order valence-electron chi connectivity index (χ0n) is 16.6. The van der Waals surface area contributed by atoms with Gasteiger partial charge in [-0.15, -0.1) is 0 Å². The number of aromatic amines is 1. The van der Waals surface area contributed by atoms with Gasteiger partial charge in [0.05, 0.1) is 25.3 Å². The van der Waals surface area contributed by atoms with Gasteiger partial charge in [-0.05, 0) is 42.8 Å². The molecule has 30 heavy (non-hydrogen) atoms. The predicted molar refractivity (Wildman–Crippen MR) is 107 cm³/mol. The smallest absolute Gasteiger partial charge is 0.290 e. The molecule has 1 aromatic carbocycles. The SMILES string of the molecule is COc1ccc(C2C(C(=O)c3ccc(C)o3)=C(O)C(=O)N2Cc2ccc[nH+]c2)cc1. The Bertz CT molecular complexity index is 1120. The summed E-state index contributed by atoms with van der Waals surface area (Å²) < 4.78 is 10.7. The second-order valence-corrected chi connectivity index (χ2v) is 7.02. The van der Waals surface area contributed by atoms with Crippen LogP contribution in [0.3, 0.4) is 0 Å². The van der Waals surface area contributed by atoms with Crippen LogP contribution in [-0.2, 0) is 11.3 Å². The van der Waals surface area contributed by atoms with Crippen molar-refractivity contribution >= 4 is 11.7 Å². The molecule has 0 radical (unpaired) electrons. The Morgan fingerprint density at radius 1 is 1.20 bits per heavy atom. The quantitative estimate of drug-likeness (QED) is 0.636. The van der Waals surface area contributed by atoms with Gasteiger partial charge in [0.25, 0.3) is 5.91 Å². The first-order valence-electron chi connectivity index (χ1n) is 9.43. The Hall–Kier alpha value is -3.87. The van der Waals surface area contributed by atoms with Crippen molar-refractivity contribution in [2.75, 3.05) is 7.11 Å². The van der Waals surface area contributed by atoms with Crippen molar-refractivity contribution in [2.45, 2.75) is 19.5 Å². The summed E-state index contributed by atoms with van der Waals surface area (Å²) in [6.45, 7) is 1.94. The van der Waals surface area contributed by atoms with Crippen molar-refractivity contribution in [2.24, 2.45) is 0 Å². The molecule has 3 aromatic rings. The minimum Gasteiger partial charge on any atom is -0.503 e. The van der Waals surface area contributed by atoms with E-state index in [9.17, 15) is 14.7 Å². The van der Waals surface area contributed by atoms with Crippen LogP contribution >= 0.6 is 0 Å². The number of furan rings is 1. The molecular weight excluding hydrogens is 384 g/mol. The van der Waals surface area contributed by atoms with Gasteiger partial charge >= 0.3 is 0 Å². The fourth-order valence-electron chi connectivity index (χ4n) is 3.60. The minimum absolute atomic E-state index is 0.000530. The lowest BCUT2D eigenvalue weighted by molar-refractivity contribution is -0.378. The van der Waals surface area contributed by atoms with E-state index in [-0.39, 0.29) is 17.9 Å². The van der Waals surface area contributed by atoms with Crippen LogP contribution < -0.4 is 9.72 Å². The Labute approximate surface area is 173 Å². The largest absolute Gasteiger partial charge is 0.503 e. The molecule has 3 heterocycles. The van der Waals surface area contributed by atoms with Crippen LogP contribution in [0.5, 0.6) is 5.75 Å². The first kappa shape index (κ1) is 19.4. The number of aryl methyl sites for hydroxylation is 1. The Kier molecular flexibility index (Phi) is 5.10. The van der Waals surface area contributed by atoms with Gasteiger partial charge in [-0.3, -0.25) is 9.59 Å². The van der Waals surface area contributed by atoms with Gasteiger partial charge in [-0.1, -0.05) is 12.1 Å². The first-order chi connectivity index (χ1) is 14.5. The number of carbonyl (C=O) groups excluding carboxylic acids is 2. The molecule has 2 N–H and O–H groups in total. The average Bonchev–Trinajstić information content (AvgIpc) is 3.31. The van der Waals surface area contributed by atoms with Crippen LogP contribution in [0.2, 0.25) is 0 Å². The molecule has 0 aliphatic carbocycles. The van der Waals surface area contributed by atoms with Crippen molar-refractivity contribution in [3.05, 3.63) is 94.9 Å². The monoisotopic (exact) mass is 405 g/mol. The molecule has 0 saturated carbocycles. The number of hydrogen-bond acceptors (Lipinski definition) is 5. The van der Waals surface area contributed by atoms with Crippen molar-refractivity contribution < 1.29 is 28.8 Å². The molecule has 1 aliphatic rings. The molecule has 1 amide bonds. The van der Waals surface area contributed by atoms with E-state index in [0.717, 1.165) is 5.56 Å². The third kappa shape index (κ3) is 3.45. The maximum Gasteiger partial charge on any atom is 0.290 e. The van der Waals surface area contributed by atoms with Crippen LogP contribution in [0, 0.1) is 6.92 Å². The zero-order valence-corrected chi connectivity index (χ0v) is 16.6. The van der Waals surface area contributed by atoms with Gasteiger partial charge in [0, 0.05) is 11.6 Å². The second-order valence-electron chi connectivity index (χ2n) is 7.02. The summed E-state index contributed by atoms with van der Waals surface area (Å²) in [5.74, 6) is -0.385. The molecule has 1 atom stereocenters. The number of nitrogens with zero attached hydrogens (tertiary/aromatic N) is 1. The predicted octanol–water partition coefficient (Wildman–Crippen LogP) is 3.19. The number of benzene rings is 1. The van der Waals surface area contributed by atoms with E-state index in [1.165, 1.54) is 4.90 Å². The molecule has 0 saturated heterocycles. The summed E-state index contributed by atoms with van der Waals surface area (Å²) in [7, 11) is 1.56. The summed E-state index contributed by atoms with van der Waals surface area (Å²) in [5.41, 5.74) is 1.51. The van der Waals surface area contributed by atoms with E-state index in [1.807, 2.05) is 12.1 Å².